The SMILES string of the molecule is Cc1nc2ccccc2nc1NN1C(C)CCCC1C. The van der Waals surface area contributed by atoms with E-state index in [0.29, 0.717) is 12.1 Å². The highest BCUT2D eigenvalue weighted by Crippen LogP contribution is 2.24. The van der Waals surface area contributed by atoms with Gasteiger partial charge in [0.15, 0.2) is 5.82 Å². The summed E-state index contributed by atoms with van der Waals surface area (Å²) in [6, 6.07) is 9.08. The Morgan fingerprint density at radius 3 is 2.30 bits per heavy atom. The quantitative estimate of drug-likeness (QED) is 0.906. The molecule has 2 unspecified atom stereocenters. The molecule has 2 aromatic rings. The van der Waals surface area contributed by atoms with Crippen molar-refractivity contribution >= 4 is 16.9 Å². The van der Waals surface area contributed by atoms with Gasteiger partial charge in [0.05, 0.1) is 16.7 Å². The molecule has 0 spiro atoms. The van der Waals surface area contributed by atoms with E-state index in [2.05, 4.69) is 29.3 Å². The maximum atomic E-state index is 4.72. The zero-order chi connectivity index (χ0) is 14.1. The lowest BCUT2D eigenvalue weighted by Gasteiger charge is -2.39. The van der Waals surface area contributed by atoms with Crippen LogP contribution in [0.4, 0.5) is 5.82 Å². The molecule has 0 amide bonds. The van der Waals surface area contributed by atoms with Crippen molar-refractivity contribution in [3.63, 3.8) is 0 Å². The molecule has 0 bridgehead atoms. The van der Waals surface area contributed by atoms with Crippen LogP contribution >= 0.6 is 0 Å². The number of benzene rings is 1. The van der Waals surface area contributed by atoms with Crippen molar-refractivity contribution in [2.75, 3.05) is 5.43 Å². The lowest BCUT2D eigenvalue weighted by atomic mass is 10.00. The number of aryl methyl sites for hydroxylation is 1. The third-order valence-electron chi connectivity index (χ3n) is 4.17. The first-order chi connectivity index (χ1) is 9.65. The fraction of sp³-hybridized carbons (Fsp3) is 0.500. The van der Waals surface area contributed by atoms with Crippen LogP contribution in [0.5, 0.6) is 0 Å². The van der Waals surface area contributed by atoms with Crippen LogP contribution in [0.2, 0.25) is 0 Å². The van der Waals surface area contributed by atoms with Gasteiger partial charge in [-0.2, -0.15) is 0 Å². The smallest absolute Gasteiger partial charge is 0.162 e. The summed E-state index contributed by atoms with van der Waals surface area (Å²) in [6.45, 7) is 6.56. The maximum Gasteiger partial charge on any atom is 0.162 e. The first-order valence-electron chi connectivity index (χ1n) is 7.43. The number of aromatic nitrogens is 2. The fourth-order valence-corrected chi connectivity index (χ4v) is 2.96. The predicted molar refractivity (Wildman–Crippen MR) is 82.5 cm³/mol. The Bertz CT molecular complexity index is 600. The lowest BCUT2D eigenvalue weighted by Crippen LogP contribution is -2.47. The highest BCUT2D eigenvalue weighted by molar-refractivity contribution is 5.76. The summed E-state index contributed by atoms with van der Waals surface area (Å²) >= 11 is 0. The Kier molecular flexibility index (Phi) is 3.57. The van der Waals surface area contributed by atoms with Crippen LogP contribution in [-0.4, -0.2) is 27.1 Å². The van der Waals surface area contributed by atoms with Gasteiger partial charge in [-0.15, -0.1) is 0 Å². The van der Waals surface area contributed by atoms with E-state index < -0.39 is 0 Å². The molecule has 3 rings (SSSR count). The van der Waals surface area contributed by atoms with Crippen molar-refractivity contribution in [2.45, 2.75) is 52.1 Å². The van der Waals surface area contributed by atoms with Crippen molar-refractivity contribution in [1.82, 2.24) is 15.0 Å². The summed E-state index contributed by atoms with van der Waals surface area (Å²) in [7, 11) is 0. The second kappa shape index (κ2) is 5.37. The molecule has 20 heavy (non-hydrogen) atoms. The number of anilines is 1. The first kappa shape index (κ1) is 13.3. The van der Waals surface area contributed by atoms with Crippen molar-refractivity contribution < 1.29 is 0 Å². The molecule has 0 aliphatic carbocycles. The molecule has 2 atom stereocenters. The molecule has 1 aromatic heterocycles. The Balaban J connectivity index is 1.91. The molecule has 1 N–H and O–H groups in total. The zero-order valence-electron chi connectivity index (χ0n) is 12.4. The minimum atomic E-state index is 0.534. The van der Waals surface area contributed by atoms with E-state index in [1.807, 2.05) is 31.2 Å². The number of hydrogen-bond donors (Lipinski definition) is 1. The van der Waals surface area contributed by atoms with Gasteiger partial charge >= 0.3 is 0 Å². The Morgan fingerprint density at radius 2 is 1.65 bits per heavy atom. The molecule has 1 aliphatic heterocycles. The number of hydrogen-bond acceptors (Lipinski definition) is 4. The van der Waals surface area contributed by atoms with E-state index in [0.717, 1.165) is 22.5 Å². The van der Waals surface area contributed by atoms with Gasteiger partial charge in [0.2, 0.25) is 0 Å². The minimum Gasteiger partial charge on any atom is -0.301 e. The monoisotopic (exact) mass is 270 g/mol. The van der Waals surface area contributed by atoms with Crippen molar-refractivity contribution in [1.29, 1.82) is 0 Å². The van der Waals surface area contributed by atoms with E-state index in [-0.39, 0.29) is 0 Å². The van der Waals surface area contributed by atoms with Gasteiger partial charge in [-0.05, 0) is 45.7 Å². The van der Waals surface area contributed by atoms with Gasteiger partial charge < -0.3 is 5.43 Å². The number of piperidine rings is 1. The Labute approximate surface area is 120 Å². The molecule has 2 heterocycles. The average molecular weight is 270 g/mol. The third-order valence-corrected chi connectivity index (χ3v) is 4.17. The van der Waals surface area contributed by atoms with Gasteiger partial charge in [0, 0.05) is 12.1 Å². The van der Waals surface area contributed by atoms with E-state index >= 15 is 0 Å². The molecule has 1 aromatic carbocycles. The largest absolute Gasteiger partial charge is 0.301 e. The molecule has 4 heteroatoms. The Morgan fingerprint density at radius 1 is 1.05 bits per heavy atom. The van der Waals surface area contributed by atoms with E-state index in [1.165, 1.54) is 19.3 Å². The third kappa shape index (κ3) is 2.48. The van der Waals surface area contributed by atoms with Crippen LogP contribution in [0.15, 0.2) is 24.3 Å². The van der Waals surface area contributed by atoms with Crippen LogP contribution in [0, 0.1) is 6.92 Å². The zero-order valence-corrected chi connectivity index (χ0v) is 12.4. The molecule has 0 saturated carbocycles. The molecular formula is C16H22N4. The van der Waals surface area contributed by atoms with Gasteiger partial charge in [-0.1, -0.05) is 18.6 Å². The van der Waals surface area contributed by atoms with Crippen LogP contribution in [0.3, 0.4) is 0 Å². The van der Waals surface area contributed by atoms with Crippen LogP contribution in [0.1, 0.15) is 38.8 Å². The summed E-state index contributed by atoms with van der Waals surface area (Å²) in [5, 5.41) is 2.33. The van der Waals surface area contributed by atoms with Crippen LogP contribution in [0.25, 0.3) is 11.0 Å². The molecule has 1 aliphatic rings. The summed E-state index contributed by atoms with van der Waals surface area (Å²) < 4.78 is 0. The standard InChI is InChI=1S/C16H22N4/c1-11-7-6-8-12(2)20(11)19-16-13(3)17-14-9-4-5-10-15(14)18-16/h4-5,9-12H,6-8H2,1-3H3,(H,18,19). The fourth-order valence-electron chi connectivity index (χ4n) is 2.96. The number of nitrogens with one attached hydrogen (secondary N) is 1. The second-order valence-corrected chi connectivity index (χ2v) is 5.79. The second-order valence-electron chi connectivity index (χ2n) is 5.79. The van der Waals surface area contributed by atoms with Crippen LogP contribution < -0.4 is 5.43 Å². The number of rotatable bonds is 2. The average Bonchev–Trinajstić information content (AvgIpc) is 2.43. The highest BCUT2D eigenvalue weighted by atomic mass is 15.5. The molecular weight excluding hydrogens is 248 g/mol. The number of fused-ring (bicyclic) bond motifs is 1. The maximum absolute atomic E-state index is 4.72. The topological polar surface area (TPSA) is 41.1 Å². The normalized spacial score (nSPS) is 23.9. The summed E-state index contributed by atoms with van der Waals surface area (Å²) in [4.78, 5) is 9.36. The van der Waals surface area contributed by atoms with Gasteiger partial charge in [-0.3, -0.25) is 0 Å². The van der Waals surface area contributed by atoms with E-state index in [1.54, 1.807) is 0 Å². The summed E-state index contributed by atoms with van der Waals surface area (Å²) in [5.74, 6) is 0.879. The summed E-state index contributed by atoms with van der Waals surface area (Å²) in [6.07, 6.45) is 3.78. The number of nitrogens with zero attached hydrogens (tertiary/aromatic N) is 3. The highest BCUT2D eigenvalue weighted by Gasteiger charge is 2.25. The number of hydrazine groups is 1. The van der Waals surface area contributed by atoms with E-state index in [4.69, 9.17) is 4.98 Å². The Hall–Kier alpha value is -1.68. The minimum absolute atomic E-state index is 0.534. The predicted octanol–water partition coefficient (Wildman–Crippen LogP) is 3.53. The van der Waals surface area contributed by atoms with Crippen molar-refractivity contribution in [3.05, 3.63) is 30.0 Å². The van der Waals surface area contributed by atoms with E-state index in [9.17, 15) is 0 Å². The lowest BCUT2D eigenvalue weighted by molar-refractivity contribution is 0.135. The van der Waals surface area contributed by atoms with Crippen molar-refractivity contribution in [2.24, 2.45) is 0 Å². The van der Waals surface area contributed by atoms with Gasteiger partial charge in [-0.25, -0.2) is 15.0 Å². The van der Waals surface area contributed by atoms with Crippen molar-refractivity contribution in [3.8, 4) is 0 Å². The summed E-state index contributed by atoms with van der Waals surface area (Å²) in [5.41, 5.74) is 6.35. The van der Waals surface area contributed by atoms with Gasteiger partial charge in [0.25, 0.3) is 0 Å². The number of para-hydroxylation sites is 2. The first-order valence-corrected chi connectivity index (χ1v) is 7.43. The molecule has 0 radical (unpaired) electrons. The van der Waals surface area contributed by atoms with Gasteiger partial charge in [0.1, 0.15) is 0 Å². The molecule has 1 fully saturated rings. The molecule has 1 saturated heterocycles. The molecule has 106 valence electrons. The van der Waals surface area contributed by atoms with Crippen LogP contribution in [-0.2, 0) is 0 Å². The molecule has 4 nitrogen and oxygen atoms in total.